The summed E-state index contributed by atoms with van der Waals surface area (Å²) in [5, 5.41) is 23.5. The molecule has 0 aromatic carbocycles. The van der Waals surface area contributed by atoms with Crippen molar-refractivity contribution in [2.24, 2.45) is 0 Å². The first kappa shape index (κ1) is 28.9. The lowest BCUT2D eigenvalue weighted by Gasteiger charge is -2.19. The summed E-state index contributed by atoms with van der Waals surface area (Å²) in [6.07, 6.45) is 0.332. The molecule has 6 N–H and O–H groups in total. The second-order valence-electron chi connectivity index (χ2n) is 9.37. The fourth-order valence-electron chi connectivity index (χ4n) is 2.37. The minimum atomic E-state index is -0.541. The van der Waals surface area contributed by atoms with E-state index in [9.17, 15) is 9.59 Å². The fraction of sp³-hybridized carbons (Fsp3) is 0.762. The summed E-state index contributed by atoms with van der Waals surface area (Å²) in [7, 11) is 0. The van der Waals surface area contributed by atoms with Gasteiger partial charge in [-0.3, -0.25) is 0 Å². The van der Waals surface area contributed by atoms with Crippen molar-refractivity contribution in [1.82, 2.24) is 25.6 Å². The van der Waals surface area contributed by atoms with Crippen molar-refractivity contribution >= 4 is 30.0 Å². The van der Waals surface area contributed by atoms with Crippen molar-refractivity contribution in [2.45, 2.75) is 65.6 Å². The number of aromatic nitrogens is 3. The van der Waals surface area contributed by atoms with Crippen LogP contribution in [0.4, 0.5) is 27.4 Å². The number of carbonyl (C=O) groups excluding carboxylic acids is 2. The Morgan fingerprint density at radius 3 is 1.35 bits per heavy atom. The molecule has 0 atom stereocenters. The third kappa shape index (κ3) is 14.9. The van der Waals surface area contributed by atoms with Gasteiger partial charge in [-0.2, -0.15) is 15.0 Å². The molecular weight excluding hydrogens is 444 g/mol. The van der Waals surface area contributed by atoms with Crippen molar-refractivity contribution < 1.29 is 24.2 Å². The number of aliphatic hydroxyl groups is 1. The molecule has 0 aliphatic heterocycles. The van der Waals surface area contributed by atoms with Gasteiger partial charge in [0.05, 0.1) is 6.61 Å². The number of rotatable bonds is 13. The highest BCUT2D eigenvalue weighted by atomic mass is 16.6. The van der Waals surface area contributed by atoms with Gasteiger partial charge in [-0.1, -0.05) is 0 Å². The Kier molecular flexibility index (Phi) is 12.1. The topological polar surface area (TPSA) is 172 Å². The molecule has 0 saturated heterocycles. The molecule has 0 aliphatic rings. The molecule has 13 nitrogen and oxygen atoms in total. The predicted octanol–water partition coefficient (Wildman–Crippen LogP) is 1.93. The van der Waals surface area contributed by atoms with Gasteiger partial charge in [-0.05, 0) is 54.4 Å². The van der Waals surface area contributed by atoms with E-state index in [2.05, 4.69) is 41.5 Å². The molecule has 1 aromatic rings. The number of nitrogens with zero attached hydrogens (tertiary/aromatic N) is 3. The average Bonchev–Trinajstić information content (AvgIpc) is 2.69. The van der Waals surface area contributed by atoms with E-state index in [-0.39, 0.29) is 6.61 Å². The summed E-state index contributed by atoms with van der Waals surface area (Å²) < 4.78 is 10.4. The zero-order valence-corrected chi connectivity index (χ0v) is 21.1. The minimum absolute atomic E-state index is 0.0656. The van der Waals surface area contributed by atoms with E-state index in [1.54, 1.807) is 41.5 Å². The van der Waals surface area contributed by atoms with Crippen molar-refractivity contribution in [1.29, 1.82) is 0 Å². The number of ether oxygens (including phenoxy) is 2. The van der Waals surface area contributed by atoms with Gasteiger partial charge in [0, 0.05) is 32.7 Å². The summed E-state index contributed by atoms with van der Waals surface area (Å²) in [4.78, 5) is 36.2. The van der Waals surface area contributed by atoms with Gasteiger partial charge in [-0.15, -0.1) is 0 Å². The predicted molar refractivity (Wildman–Crippen MR) is 130 cm³/mol. The molecule has 0 fully saturated rings. The van der Waals surface area contributed by atoms with Crippen molar-refractivity contribution in [3.63, 3.8) is 0 Å². The summed E-state index contributed by atoms with van der Waals surface area (Å²) in [5.74, 6) is 1.01. The maximum Gasteiger partial charge on any atom is 0.407 e. The summed E-state index contributed by atoms with van der Waals surface area (Å²) in [6.45, 7) is 12.9. The smallest absolute Gasteiger partial charge is 0.407 e. The van der Waals surface area contributed by atoms with Crippen LogP contribution >= 0.6 is 0 Å². The zero-order valence-electron chi connectivity index (χ0n) is 21.1. The molecule has 0 spiro atoms. The number of nitrogens with one attached hydrogen (secondary N) is 5. The Labute approximate surface area is 201 Å². The Hall–Kier alpha value is -3.09. The molecule has 2 amide bonds. The standard InChI is InChI=1S/C21H40N8O5/c1-20(2,3)33-18(31)25-11-7-9-22-15-27-16(29-17(28-15)24-13-14-30)23-10-8-12-26-19(32)34-21(4,5)6/h30H,7-14H2,1-6H3,(H,25,31)(H,26,32)(H3,22,23,24,27,28,29). The SMILES string of the molecule is CC(C)(C)OC(=O)NCCCNc1nc(NCCO)nc(NCCCNC(=O)OC(C)(C)C)n1. The maximum absolute atomic E-state index is 11.7. The van der Waals surface area contributed by atoms with Crippen LogP contribution in [0, 0.1) is 0 Å². The zero-order chi connectivity index (χ0) is 25.6. The summed E-state index contributed by atoms with van der Waals surface area (Å²) in [5.41, 5.74) is -1.08. The van der Waals surface area contributed by atoms with Crippen molar-refractivity contribution in [3.8, 4) is 0 Å². The number of aliphatic hydroxyl groups excluding tert-OH is 1. The van der Waals surface area contributed by atoms with E-state index in [0.29, 0.717) is 63.4 Å². The minimum Gasteiger partial charge on any atom is -0.444 e. The lowest BCUT2D eigenvalue weighted by molar-refractivity contribution is 0.0516. The van der Waals surface area contributed by atoms with E-state index in [1.165, 1.54) is 0 Å². The maximum atomic E-state index is 11.7. The molecule has 34 heavy (non-hydrogen) atoms. The second-order valence-corrected chi connectivity index (χ2v) is 9.37. The Balaban J connectivity index is 2.47. The number of hydrogen-bond donors (Lipinski definition) is 6. The lowest BCUT2D eigenvalue weighted by atomic mass is 10.2. The third-order valence-corrected chi connectivity index (χ3v) is 3.64. The van der Waals surface area contributed by atoms with Crippen molar-refractivity contribution in [2.75, 3.05) is 55.3 Å². The quantitative estimate of drug-likeness (QED) is 0.226. The van der Waals surface area contributed by atoms with Gasteiger partial charge in [-0.25, -0.2) is 9.59 Å². The van der Waals surface area contributed by atoms with Crippen LogP contribution in [0.5, 0.6) is 0 Å². The van der Waals surface area contributed by atoms with E-state index in [4.69, 9.17) is 14.6 Å². The van der Waals surface area contributed by atoms with E-state index < -0.39 is 23.4 Å². The summed E-state index contributed by atoms with van der Waals surface area (Å²) in [6, 6.07) is 0. The van der Waals surface area contributed by atoms with Crippen molar-refractivity contribution in [3.05, 3.63) is 0 Å². The van der Waals surface area contributed by atoms with E-state index >= 15 is 0 Å². The van der Waals surface area contributed by atoms with Gasteiger partial charge in [0.2, 0.25) is 17.8 Å². The molecule has 1 heterocycles. The lowest BCUT2D eigenvalue weighted by Crippen LogP contribution is -2.33. The molecule has 0 radical (unpaired) electrons. The number of alkyl carbamates (subject to hydrolysis) is 2. The Morgan fingerprint density at radius 1 is 0.676 bits per heavy atom. The number of amides is 2. The highest BCUT2D eigenvalue weighted by Gasteiger charge is 2.16. The van der Waals surface area contributed by atoms with Crippen LogP contribution in [0.25, 0.3) is 0 Å². The molecule has 0 aliphatic carbocycles. The van der Waals surface area contributed by atoms with Crippen LogP contribution in [-0.2, 0) is 9.47 Å². The van der Waals surface area contributed by atoms with Gasteiger partial charge in [0.1, 0.15) is 11.2 Å². The highest BCUT2D eigenvalue weighted by Crippen LogP contribution is 2.10. The first-order valence-electron chi connectivity index (χ1n) is 11.4. The Morgan fingerprint density at radius 2 is 1.03 bits per heavy atom. The van der Waals surface area contributed by atoms with Crippen LogP contribution < -0.4 is 26.6 Å². The highest BCUT2D eigenvalue weighted by molar-refractivity contribution is 5.67. The molecular formula is C21H40N8O5. The van der Waals surface area contributed by atoms with Crippen LogP contribution in [0.15, 0.2) is 0 Å². The van der Waals surface area contributed by atoms with Crippen LogP contribution in [-0.4, -0.2) is 82.8 Å². The van der Waals surface area contributed by atoms with Crippen LogP contribution in [0.2, 0.25) is 0 Å². The third-order valence-electron chi connectivity index (χ3n) is 3.64. The van der Waals surface area contributed by atoms with Gasteiger partial charge < -0.3 is 41.2 Å². The van der Waals surface area contributed by atoms with Gasteiger partial charge in [0.15, 0.2) is 0 Å². The molecule has 1 rings (SSSR count). The molecule has 13 heteroatoms. The molecule has 194 valence electrons. The number of carbonyl (C=O) groups is 2. The molecule has 0 unspecified atom stereocenters. The van der Waals surface area contributed by atoms with Gasteiger partial charge in [0.25, 0.3) is 0 Å². The first-order valence-corrected chi connectivity index (χ1v) is 11.4. The Bertz CT molecular complexity index is 708. The largest absolute Gasteiger partial charge is 0.444 e. The van der Waals surface area contributed by atoms with Gasteiger partial charge >= 0.3 is 12.2 Å². The van der Waals surface area contributed by atoms with E-state index in [1.807, 2.05) is 0 Å². The normalized spacial score (nSPS) is 11.4. The first-order chi connectivity index (χ1) is 15.9. The fourth-order valence-corrected chi connectivity index (χ4v) is 2.37. The van der Waals surface area contributed by atoms with Crippen LogP contribution in [0.1, 0.15) is 54.4 Å². The monoisotopic (exact) mass is 484 g/mol. The van der Waals surface area contributed by atoms with Crippen LogP contribution in [0.3, 0.4) is 0 Å². The second kappa shape index (κ2) is 14.2. The molecule has 0 saturated carbocycles. The summed E-state index contributed by atoms with van der Waals surface area (Å²) >= 11 is 0. The molecule has 1 aromatic heterocycles. The molecule has 0 bridgehead atoms. The average molecular weight is 485 g/mol. The number of anilines is 3. The van der Waals surface area contributed by atoms with E-state index in [0.717, 1.165) is 0 Å². The number of hydrogen-bond acceptors (Lipinski definition) is 11.